The van der Waals surface area contributed by atoms with Crippen molar-refractivity contribution >= 4 is 43.5 Å². The lowest BCUT2D eigenvalue weighted by molar-refractivity contribution is 0.0981. The molecule has 9 heteroatoms. The first-order valence-corrected chi connectivity index (χ1v) is 9.64. The summed E-state index contributed by atoms with van der Waals surface area (Å²) in [5, 5.41) is 4.20. The van der Waals surface area contributed by atoms with Crippen molar-refractivity contribution in [1.29, 1.82) is 0 Å². The van der Waals surface area contributed by atoms with E-state index < -0.39 is 15.9 Å². The van der Waals surface area contributed by atoms with Gasteiger partial charge in [0.05, 0.1) is 21.2 Å². The molecule has 0 radical (unpaired) electrons. The van der Waals surface area contributed by atoms with Crippen molar-refractivity contribution in [1.82, 2.24) is 14.5 Å². The average molecular weight is 441 g/mol. The zero-order valence-corrected chi connectivity index (χ0v) is 15.7. The van der Waals surface area contributed by atoms with Gasteiger partial charge >= 0.3 is 0 Å². The molecular formula is C16H11BrClN3O3S. The molecule has 0 bridgehead atoms. The molecule has 0 aliphatic rings. The summed E-state index contributed by atoms with van der Waals surface area (Å²) in [5.41, 5.74) is 0.621. The van der Waals surface area contributed by atoms with Gasteiger partial charge in [0.1, 0.15) is 0 Å². The number of carbonyl (C=O) groups excluding carboxylic acids is 1. The van der Waals surface area contributed by atoms with Crippen LogP contribution in [0.15, 0.2) is 70.3 Å². The molecule has 0 saturated heterocycles. The number of benzene rings is 2. The van der Waals surface area contributed by atoms with Gasteiger partial charge in [0.15, 0.2) is 0 Å². The highest BCUT2D eigenvalue weighted by Gasteiger charge is 2.21. The van der Waals surface area contributed by atoms with E-state index in [1.165, 1.54) is 28.9 Å². The van der Waals surface area contributed by atoms with Gasteiger partial charge in [-0.05, 0) is 48.5 Å². The van der Waals surface area contributed by atoms with Gasteiger partial charge < -0.3 is 0 Å². The fourth-order valence-electron chi connectivity index (χ4n) is 2.10. The van der Waals surface area contributed by atoms with Gasteiger partial charge in [0.2, 0.25) is 0 Å². The molecule has 3 aromatic rings. The topological polar surface area (TPSA) is 81.1 Å². The molecule has 1 amide bonds. The van der Waals surface area contributed by atoms with Crippen LogP contribution in [0.2, 0.25) is 5.02 Å². The molecule has 0 spiro atoms. The molecule has 0 aliphatic heterocycles. The van der Waals surface area contributed by atoms with E-state index >= 15 is 0 Å². The first-order valence-electron chi connectivity index (χ1n) is 6.99. The second-order valence-electron chi connectivity index (χ2n) is 5.00. The highest BCUT2D eigenvalue weighted by molar-refractivity contribution is 9.10. The Morgan fingerprint density at radius 3 is 2.52 bits per heavy atom. The Morgan fingerprint density at radius 1 is 1.16 bits per heavy atom. The van der Waals surface area contributed by atoms with Gasteiger partial charge in [-0.1, -0.05) is 27.5 Å². The van der Waals surface area contributed by atoms with Crippen LogP contribution in [0.25, 0.3) is 5.69 Å². The van der Waals surface area contributed by atoms with E-state index in [0.29, 0.717) is 5.69 Å². The third kappa shape index (κ3) is 3.92. The lowest BCUT2D eigenvalue weighted by Gasteiger charge is -2.10. The number of hydrogen-bond donors (Lipinski definition) is 1. The van der Waals surface area contributed by atoms with Crippen LogP contribution in [0, 0.1) is 0 Å². The predicted octanol–water partition coefficient (Wildman–Crippen LogP) is 3.41. The van der Waals surface area contributed by atoms with Crippen LogP contribution in [0.1, 0.15) is 10.4 Å². The van der Waals surface area contributed by atoms with Crippen molar-refractivity contribution < 1.29 is 13.2 Å². The minimum Gasteiger partial charge on any atom is -0.268 e. The van der Waals surface area contributed by atoms with Gasteiger partial charge in [-0.3, -0.25) is 4.79 Å². The summed E-state index contributed by atoms with van der Waals surface area (Å²) in [7, 11) is -4.01. The standard InChI is InChI=1S/C16H11BrClN3O3S/c17-11-2-5-13(6-3-11)25(23,24)20-16(22)14-10-12(4-7-15(14)18)21-9-1-8-19-21/h1-10H,(H,20,22). The molecule has 1 aromatic heterocycles. The van der Waals surface area contributed by atoms with Gasteiger partial charge in [-0.25, -0.2) is 17.8 Å². The Kier molecular flexibility index (Phi) is 4.94. The molecule has 0 saturated carbocycles. The highest BCUT2D eigenvalue weighted by atomic mass is 79.9. The van der Waals surface area contributed by atoms with E-state index in [1.807, 2.05) is 4.72 Å². The van der Waals surface area contributed by atoms with Crippen LogP contribution in [0.4, 0.5) is 0 Å². The molecular weight excluding hydrogens is 430 g/mol. The number of nitrogens with zero attached hydrogens (tertiary/aromatic N) is 2. The van der Waals surface area contributed by atoms with E-state index in [-0.39, 0.29) is 15.5 Å². The smallest absolute Gasteiger partial charge is 0.266 e. The molecule has 2 aromatic carbocycles. The van der Waals surface area contributed by atoms with Crippen LogP contribution in [-0.4, -0.2) is 24.1 Å². The summed E-state index contributed by atoms with van der Waals surface area (Å²) in [6.45, 7) is 0. The summed E-state index contributed by atoms with van der Waals surface area (Å²) in [6.07, 6.45) is 3.29. The van der Waals surface area contributed by atoms with E-state index in [0.717, 1.165) is 4.47 Å². The fourth-order valence-corrected chi connectivity index (χ4v) is 3.53. The molecule has 128 valence electrons. The van der Waals surface area contributed by atoms with Gasteiger partial charge in [0, 0.05) is 16.9 Å². The van der Waals surface area contributed by atoms with Crippen molar-refractivity contribution in [3.05, 3.63) is 76.0 Å². The number of aromatic nitrogens is 2. The van der Waals surface area contributed by atoms with Gasteiger partial charge in [-0.15, -0.1) is 0 Å². The molecule has 0 fully saturated rings. The second kappa shape index (κ2) is 6.99. The number of hydrogen-bond acceptors (Lipinski definition) is 4. The average Bonchev–Trinajstić information content (AvgIpc) is 3.09. The maximum absolute atomic E-state index is 12.4. The minimum atomic E-state index is -4.01. The normalized spacial score (nSPS) is 11.3. The molecule has 25 heavy (non-hydrogen) atoms. The van der Waals surface area contributed by atoms with Crippen molar-refractivity contribution in [3.63, 3.8) is 0 Å². The molecule has 0 aliphatic carbocycles. The Morgan fingerprint density at radius 2 is 1.88 bits per heavy atom. The first-order chi connectivity index (χ1) is 11.9. The second-order valence-corrected chi connectivity index (χ2v) is 8.01. The summed E-state index contributed by atoms with van der Waals surface area (Å²) in [4.78, 5) is 12.4. The van der Waals surface area contributed by atoms with Crippen LogP contribution >= 0.6 is 27.5 Å². The zero-order valence-electron chi connectivity index (χ0n) is 12.6. The van der Waals surface area contributed by atoms with Crippen molar-refractivity contribution in [3.8, 4) is 5.69 Å². The maximum Gasteiger partial charge on any atom is 0.266 e. The highest BCUT2D eigenvalue weighted by Crippen LogP contribution is 2.21. The fraction of sp³-hybridized carbons (Fsp3) is 0. The van der Waals surface area contributed by atoms with Gasteiger partial charge in [-0.2, -0.15) is 5.10 Å². The van der Waals surface area contributed by atoms with Crippen LogP contribution in [-0.2, 0) is 10.0 Å². The third-order valence-electron chi connectivity index (χ3n) is 3.31. The molecule has 1 heterocycles. The SMILES string of the molecule is O=C(NS(=O)(=O)c1ccc(Br)cc1)c1cc(-n2cccn2)ccc1Cl. The number of nitrogens with one attached hydrogen (secondary N) is 1. The minimum absolute atomic E-state index is 0.0246. The number of rotatable bonds is 4. The van der Waals surface area contributed by atoms with E-state index in [9.17, 15) is 13.2 Å². The van der Waals surface area contributed by atoms with Crippen molar-refractivity contribution in [2.75, 3.05) is 0 Å². The number of halogens is 2. The molecule has 1 N–H and O–H groups in total. The van der Waals surface area contributed by atoms with Crippen LogP contribution in [0.3, 0.4) is 0 Å². The van der Waals surface area contributed by atoms with Crippen molar-refractivity contribution in [2.45, 2.75) is 4.90 Å². The molecule has 0 atom stereocenters. The summed E-state index contributed by atoms with van der Waals surface area (Å²) < 4.78 is 29.0. The Labute approximate surface area is 157 Å². The zero-order chi connectivity index (χ0) is 18.0. The Bertz CT molecular complexity index is 1020. The number of sulfonamides is 1. The van der Waals surface area contributed by atoms with E-state index in [4.69, 9.17) is 11.6 Å². The largest absolute Gasteiger partial charge is 0.268 e. The summed E-state index contributed by atoms with van der Waals surface area (Å²) >= 11 is 9.28. The van der Waals surface area contributed by atoms with E-state index in [2.05, 4.69) is 21.0 Å². The number of carbonyl (C=O) groups is 1. The Hall–Kier alpha value is -2.16. The monoisotopic (exact) mass is 439 g/mol. The quantitative estimate of drug-likeness (QED) is 0.674. The lowest BCUT2D eigenvalue weighted by Crippen LogP contribution is -2.30. The molecule has 6 nitrogen and oxygen atoms in total. The predicted molar refractivity (Wildman–Crippen MR) is 97.4 cm³/mol. The molecule has 3 rings (SSSR count). The summed E-state index contributed by atoms with van der Waals surface area (Å²) in [5.74, 6) is -0.818. The first kappa shape index (κ1) is 17.7. The molecule has 0 unspecified atom stereocenters. The van der Waals surface area contributed by atoms with Crippen LogP contribution < -0.4 is 4.72 Å². The number of amides is 1. The summed E-state index contributed by atoms with van der Waals surface area (Å²) in [6, 6.07) is 12.3. The lowest BCUT2D eigenvalue weighted by atomic mass is 10.2. The Balaban J connectivity index is 1.90. The third-order valence-corrected chi connectivity index (χ3v) is 5.52. The van der Waals surface area contributed by atoms with Gasteiger partial charge in [0.25, 0.3) is 15.9 Å². The van der Waals surface area contributed by atoms with E-state index in [1.54, 1.807) is 36.7 Å². The van der Waals surface area contributed by atoms with Crippen molar-refractivity contribution in [2.24, 2.45) is 0 Å². The maximum atomic E-state index is 12.4. The van der Waals surface area contributed by atoms with Crippen LogP contribution in [0.5, 0.6) is 0 Å².